The SMILES string of the molecule is CCOC(=O)c1c(C)[nH]c(C(=O)[C@@H](C)Oc2ccc3c(C)cc(=O)oc3c2)c1C. The van der Waals surface area contributed by atoms with Crippen molar-refractivity contribution < 1.29 is 23.5 Å². The molecule has 0 aliphatic carbocycles. The molecule has 0 fully saturated rings. The van der Waals surface area contributed by atoms with Crippen molar-refractivity contribution in [1.29, 1.82) is 0 Å². The van der Waals surface area contributed by atoms with E-state index >= 15 is 0 Å². The molecule has 0 saturated carbocycles. The molecule has 0 bridgehead atoms. The first-order valence-corrected chi connectivity index (χ1v) is 9.34. The third-order valence-electron chi connectivity index (χ3n) is 4.77. The van der Waals surface area contributed by atoms with E-state index < -0.39 is 17.7 Å². The van der Waals surface area contributed by atoms with Crippen molar-refractivity contribution in [3.8, 4) is 5.75 Å². The first-order valence-electron chi connectivity index (χ1n) is 9.34. The maximum absolute atomic E-state index is 12.9. The Labute approximate surface area is 167 Å². The molecule has 0 aliphatic heterocycles. The maximum Gasteiger partial charge on any atom is 0.340 e. The summed E-state index contributed by atoms with van der Waals surface area (Å²) in [6, 6.07) is 6.51. The molecule has 0 aliphatic rings. The van der Waals surface area contributed by atoms with Gasteiger partial charge in [-0.2, -0.15) is 0 Å². The van der Waals surface area contributed by atoms with Gasteiger partial charge in [0.1, 0.15) is 11.3 Å². The van der Waals surface area contributed by atoms with Crippen molar-refractivity contribution in [2.24, 2.45) is 0 Å². The van der Waals surface area contributed by atoms with Gasteiger partial charge in [-0.15, -0.1) is 0 Å². The van der Waals surface area contributed by atoms with Gasteiger partial charge in [0.25, 0.3) is 0 Å². The lowest BCUT2D eigenvalue weighted by Crippen LogP contribution is -2.25. The highest BCUT2D eigenvalue weighted by atomic mass is 16.5. The molecule has 7 nitrogen and oxygen atoms in total. The van der Waals surface area contributed by atoms with Crippen molar-refractivity contribution in [3.63, 3.8) is 0 Å². The number of aromatic amines is 1. The standard InChI is InChI=1S/C22H23NO6/c1-6-27-22(26)19-12(3)20(23-13(19)4)21(25)14(5)28-15-7-8-16-11(2)9-18(24)29-17(16)10-15/h7-10,14,23H,6H2,1-5H3/t14-/m1/s1. The van der Waals surface area contributed by atoms with Crippen LogP contribution >= 0.6 is 0 Å². The Bertz CT molecular complexity index is 1150. The van der Waals surface area contributed by atoms with E-state index in [2.05, 4.69) is 4.98 Å². The molecule has 0 spiro atoms. The van der Waals surface area contributed by atoms with E-state index in [1.54, 1.807) is 45.9 Å². The summed E-state index contributed by atoms with van der Waals surface area (Å²) in [5.41, 5.74) is 2.52. The fourth-order valence-electron chi connectivity index (χ4n) is 3.35. The molecule has 0 saturated heterocycles. The first-order chi connectivity index (χ1) is 13.7. The third-order valence-corrected chi connectivity index (χ3v) is 4.77. The number of carbonyl (C=O) groups is 2. The topological polar surface area (TPSA) is 98.6 Å². The van der Waals surface area contributed by atoms with Crippen LogP contribution in [0.4, 0.5) is 0 Å². The number of rotatable bonds is 6. The van der Waals surface area contributed by atoms with Gasteiger partial charge in [-0.05, 0) is 57.9 Å². The number of aromatic nitrogens is 1. The van der Waals surface area contributed by atoms with Gasteiger partial charge in [-0.25, -0.2) is 9.59 Å². The molecule has 0 unspecified atom stereocenters. The predicted molar refractivity (Wildman–Crippen MR) is 108 cm³/mol. The highest BCUT2D eigenvalue weighted by molar-refractivity contribution is 6.03. The van der Waals surface area contributed by atoms with Crippen LogP contribution in [-0.4, -0.2) is 29.4 Å². The second-order valence-corrected chi connectivity index (χ2v) is 6.88. The number of fused-ring (bicyclic) bond motifs is 1. The van der Waals surface area contributed by atoms with Crippen LogP contribution in [0, 0.1) is 20.8 Å². The van der Waals surface area contributed by atoms with Gasteiger partial charge in [-0.3, -0.25) is 4.79 Å². The lowest BCUT2D eigenvalue weighted by Gasteiger charge is -2.14. The zero-order valence-corrected chi connectivity index (χ0v) is 17.0. The van der Waals surface area contributed by atoms with Gasteiger partial charge in [0.2, 0.25) is 5.78 Å². The summed E-state index contributed by atoms with van der Waals surface area (Å²) in [6.45, 7) is 8.84. The number of Topliss-reactive ketones (excluding diaryl/α,β-unsaturated/α-hetero) is 1. The fraction of sp³-hybridized carbons (Fsp3) is 0.318. The molecule has 152 valence electrons. The molecule has 3 aromatic rings. The van der Waals surface area contributed by atoms with Crippen LogP contribution in [0.1, 0.15) is 51.5 Å². The lowest BCUT2D eigenvalue weighted by atomic mass is 10.1. The first kappa shape index (κ1) is 20.4. The minimum absolute atomic E-state index is 0.253. The quantitative estimate of drug-likeness (QED) is 0.385. The monoisotopic (exact) mass is 397 g/mol. The van der Waals surface area contributed by atoms with Crippen molar-refractivity contribution in [3.05, 3.63) is 62.8 Å². The van der Waals surface area contributed by atoms with Crippen molar-refractivity contribution in [2.45, 2.75) is 40.7 Å². The van der Waals surface area contributed by atoms with Gasteiger partial charge < -0.3 is 18.9 Å². The van der Waals surface area contributed by atoms with Crippen molar-refractivity contribution in [1.82, 2.24) is 4.98 Å². The molecular weight excluding hydrogens is 374 g/mol. The minimum atomic E-state index is -0.823. The Morgan fingerprint density at radius 3 is 2.59 bits per heavy atom. The summed E-state index contributed by atoms with van der Waals surface area (Å²) in [4.78, 5) is 39.6. The number of ether oxygens (including phenoxy) is 2. The second kappa shape index (κ2) is 7.95. The van der Waals surface area contributed by atoms with Crippen molar-refractivity contribution in [2.75, 3.05) is 6.61 Å². The second-order valence-electron chi connectivity index (χ2n) is 6.88. The number of aryl methyl sites for hydroxylation is 2. The summed E-state index contributed by atoms with van der Waals surface area (Å²) in [5.74, 6) is -0.364. The smallest absolute Gasteiger partial charge is 0.340 e. The molecule has 2 heterocycles. The van der Waals surface area contributed by atoms with Crippen LogP contribution < -0.4 is 10.4 Å². The van der Waals surface area contributed by atoms with Crippen LogP contribution in [-0.2, 0) is 4.74 Å². The Hall–Kier alpha value is -3.35. The van der Waals surface area contributed by atoms with Gasteiger partial charge in [-0.1, -0.05) is 0 Å². The van der Waals surface area contributed by atoms with E-state index in [9.17, 15) is 14.4 Å². The highest BCUT2D eigenvalue weighted by Gasteiger charge is 2.26. The van der Waals surface area contributed by atoms with E-state index in [1.165, 1.54) is 6.07 Å². The molecule has 0 radical (unpaired) electrons. The van der Waals surface area contributed by atoms with E-state index in [1.807, 2.05) is 6.92 Å². The molecule has 3 rings (SSSR count). The van der Waals surface area contributed by atoms with Crippen LogP contribution in [0.3, 0.4) is 0 Å². The van der Waals surface area contributed by atoms with Crippen LogP contribution in [0.15, 0.2) is 33.5 Å². The Balaban J connectivity index is 1.86. The van der Waals surface area contributed by atoms with Crippen LogP contribution in [0.25, 0.3) is 11.0 Å². The number of hydrogen-bond acceptors (Lipinski definition) is 6. The molecule has 29 heavy (non-hydrogen) atoms. The van der Waals surface area contributed by atoms with E-state index in [0.717, 1.165) is 10.9 Å². The Morgan fingerprint density at radius 2 is 1.90 bits per heavy atom. The number of ketones is 1. The summed E-state index contributed by atoms with van der Waals surface area (Å²) in [6.07, 6.45) is -0.823. The number of carbonyl (C=O) groups excluding carboxylic acids is 2. The number of hydrogen-bond donors (Lipinski definition) is 1. The third kappa shape index (κ3) is 3.94. The summed E-state index contributed by atoms with van der Waals surface area (Å²) in [7, 11) is 0. The Morgan fingerprint density at radius 1 is 1.17 bits per heavy atom. The summed E-state index contributed by atoms with van der Waals surface area (Å²) >= 11 is 0. The van der Waals surface area contributed by atoms with Crippen LogP contribution in [0.5, 0.6) is 5.75 Å². The number of benzene rings is 1. The Kier molecular flexibility index (Phi) is 5.59. The average molecular weight is 397 g/mol. The molecule has 7 heteroatoms. The predicted octanol–water partition coefficient (Wildman–Crippen LogP) is 3.87. The van der Waals surface area contributed by atoms with Gasteiger partial charge in [0.05, 0.1) is 17.9 Å². The number of esters is 1. The molecule has 1 N–H and O–H groups in total. The zero-order valence-electron chi connectivity index (χ0n) is 17.0. The zero-order chi connectivity index (χ0) is 21.3. The van der Waals surface area contributed by atoms with Crippen LogP contribution in [0.2, 0.25) is 0 Å². The molecular formula is C22H23NO6. The highest BCUT2D eigenvalue weighted by Crippen LogP contribution is 2.25. The molecule has 0 amide bonds. The van der Waals surface area contributed by atoms with Gasteiger partial charge in [0.15, 0.2) is 6.10 Å². The lowest BCUT2D eigenvalue weighted by molar-refractivity contribution is 0.0525. The molecule has 2 aromatic heterocycles. The number of nitrogens with one attached hydrogen (secondary N) is 1. The maximum atomic E-state index is 12.9. The normalized spacial score (nSPS) is 12.0. The van der Waals surface area contributed by atoms with E-state index in [-0.39, 0.29) is 12.4 Å². The number of H-pyrrole nitrogens is 1. The fourth-order valence-corrected chi connectivity index (χ4v) is 3.35. The molecule has 1 atom stereocenters. The largest absolute Gasteiger partial charge is 0.482 e. The van der Waals surface area contributed by atoms with E-state index in [0.29, 0.717) is 33.8 Å². The van der Waals surface area contributed by atoms with Crippen molar-refractivity contribution >= 4 is 22.7 Å². The summed E-state index contributed by atoms with van der Waals surface area (Å²) in [5, 5.41) is 0.797. The van der Waals surface area contributed by atoms with Gasteiger partial charge >= 0.3 is 11.6 Å². The molecule has 1 aromatic carbocycles. The van der Waals surface area contributed by atoms with E-state index in [4.69, 9.17) is 13.9 Å². The average Bonchev–Trinajstić information content (AvgIpc) is 2.95. The van der Waals surface area contributed by atoms with Gasteiger partial charge in [0, 0.05) is 23.2 Å². The minimum Gasteiger partial charge on any atom is -0.482 e. The summed E-state index contributed by atoms with van der Waals surface area (Å²) < 4.78 is 16.1.